The maximum Gasteiger partial charge on any atom is 0.253 e. The van der Waals surface area contributed by atoms with E-state index >= 15 is 0 Å². The highest BCUT2D eigenvalue weighted by molar-refractivity contribution is 6.35. The van der Waals surface area contributed by atoms with E-state index in [2.05, 4.69) is 20.5 Å². The number of hydrogen-bond acceptors (Lipinski definition) is 4. The maximum atomic E-state index is 11.9. The highest BCUT2D eigenvalue weighted by Gasteiger charge is 2.12. The van der Waals surface area contributed by atoms with Gasteiger partial charge >= 0.3 is 0 Å². The lowest BCUT2D eigenvalue weighted by atomic mass is 10.2. The molecule has 1 amide bonds. The molecular weight excluding hydrogens is 277 g/mol. The summed E-state index contributed by atoms with van der Waals surface area (Å²) in [6.07, 6.45) is 2.89. The minimum absolute atomic E-state index is 0.211. The maximum absolute atomic E-state index is 11.9. The number of carbonyl (C=O) groups excluding carboxylic acids is 1. The lowest BCUT2D eigenvalue weighted by molar-refractivity contribution is 0.0949. The van der Waals surface area contributed by atoms with Gasteiger partial charge in [-0.15, -0.1) is 10.2 Å². The number of rotatable bonds is 3. The van der Waals surface area contributed by atoms with Gasteiger partial charge in [0.2, 0.25) is 0 Å². The van der Waals surface area contributed by atoms with Crippen LogP contribution in [0.15, 0.2) is 18.6 Å². The van der Waals surface area contributed by atoms with Crippen molar-refractivity contribution in [2.75, 3.05) is 0 Å². The summed E-state index contributed by atoms with van der Waals surface area (Å²) in [5.41, 5.74) is 0.277. The Bertz CT molecular complexity index is 583. The SMILES string of the molecule is Cn1cnnc1CNC(=O)c1cc(Cl)ncc1Cl. The smallest absolute Gasteiger partial charge is 0.253 e. The first-order chi connectivity index (χ1) is 8.58. The number of nitrogens with one attached hydrogen (secondary N) is 1. The number of hydrogen-bond donors (Lipinski definition) is 1. The second-order valence-electron chi connectivity index (χ2n) is 3.53. The van der Waals surface area contributed by atoms with Crippen molar-refractivity contribution < 1.29 is 4.79 Å². The summed E-state index contributed by atoms with van der Waals surface area (Å²) < 4.78 is 1.71. The summed E-state index contributed by atoms with van der Waals surface area (Å²) in [6, 6.07) is 1.41. The van der Waals surface area contributed by atoms with E-state index in [-0.39, 0.29) is 28.2 Å². The number of nitrogens with zero attached hydrogens (tertiary/aromatic N) is 4. The average molecular weight is 286 g/mol. The van der Waals surface area contributed by atoms with Gasteiger partial charge in [0.25, 0.3) is 5.91 Å². The Morgan fingerprint density at radius 2 is 2.28 bits per heavy atom. The molecule has 0 aliphatic rings. The molecule has 0 aliphatic heterocycles. The minimum atomic E-state index is -0.340. The van der Waals surface area contributed by atoms with Crippen LogP contribution in [0.4, 0.5) is 0 Å². The van der Waals surface area contributed by atoms with Crippen molar-refractivity contribution >= 4 is 29.1 Å². The van der Waals surface area contributed by atoms with Crippen LogP contribution in [0.1, 0.15) is 16.2 Å². The summed E-state index contributed by atoms with van der Waals surface area (Å²) in [5, 5.41) is 10.7. The third kappa shape index (κ3) is 2.77. The Kier molecular flexibility index (Phi) is 3.78. The third-order valence-electron chi connectivity index (χ3n) is 2.28. The molecule has 0 radical (unpaired) electrons. The van der Waals surface area contributed by atoms with E-state index in [0.717, 1.165) is 0 Å². The van der Waals surface area contributed by atoms with Crippen molar-refractivity contribution in [2.45, 2.75) is 6.54 Å². The van der Waals surface area contributed by atoms with Crippen LogP contribution in [0.2, 0.25) is 10.2 Å². The number of carbonyl (C=O) groups is 1. The summed E-state index contributed by atoms with van der Waals surface area (Å²) >= 11 is 11.6. The molecule has 8 heteroatoms. The molecular formula is C10H9Cl2N5O. The molecule has 0 bridgehead atoms. The summed E-state index contributed by atoms with van der Waals surface area (Å²) in [6.45, 7) is 0.256. The van der Waals surface area contributed by atoms with E-state index < -0.39 is 0 Å². The number of halogens is 2. The minimum Gasteiger partial charge on any atom is -0.345 e. The lowest BCUT2D eigenvalue weighted by Crippen LogP contribution is -2.24. The van der Waals surface area contributed by atoms with E-state index in [1.807, 2.05) is 0 Å². The fourth-order valence-electron chi connectivity index (χ4n) is 1.31. The van der Waals surface area contributed by atoms with Gasteiger partial charge in [0, 0.05) is 13.2 Å². The molecule has 2 aromatic heterocycles. The first-order valence-corrected chi connectivity index (χ1v) is 5.75. The number of pyridine rings is 1. The van der Waals surface area contributed by atoms with E-state index in [1.165, 1.54) is 12.3 Å². The second kappa shape index (κ2) is 5.32. The first-order valence-electron chi connectivity index (χ1n) is 5.00. The quantitative estimate of drug-likeness (QED) is 0.867. The van der Waals surface area contributed by atoms with E-state index in [9.17, 15) is 4.79 Å². The molecule has 0 aliphatic carbocycles. The van der Waals surface area contributed by atoms with Gasteiger partial charge in [0.1, 0.15) is 11.5 Å². The van der Waals surface area contributed by atoms with E-state index in [4.69, 9.17) is 23.2 Å². The van der Waals surface area contributed by atoms with Crippen LogP contribution in [-0.4, -0.2) is 25.7 Å². The van der Waals surface area contributed by atoms with Crippen LogP contribution in [0, 0.1) is 0 Å². The molecule has 6 nitrogen and oxygen atoms in total. The van der Waals surface area contributed by atoms with Gasteiger partial charge in [-0.3, -0.25) is 4.79 Å². The number of amides is 1. The Labute approximate surface area is 113 Å². The van der Waals surface area contributed by atoms with Gasteiger partial charge in [-0.2, -0.15) is 0 Å². The van der Waals surface area contributed by atoms with Crippen LogP contribution < -0.4 is 5.32 Å². The van der Waals surface area contributed by atoms with Crippen molar-refractivity contribution in [1.82, 2.24) is 25.1 Å². The highest BCUT2D eigenvalue weighted by atomic mass is 35.5. The summed E-state index contributed by atoms with van der Waals surface area (Å²) in [5.74, 6) is 0.298. The van der Waals surface area contributed by atoms with Crippen LogP contribution in [-0.2, 0) is 13.6 Å². The molecule has 94 valence electrons. The monoisotopic (exact) mass is 285 g/mol. The molecule has 0 atom stereocenters. The first kappa shape index (κ1) is 12.8. The molecule has 0 saturated carbocycles. The normalized spacial score (nSPS) is 10.4. The fourth-order valence-corrected chi connectivity index (χ4v) is 1.66. The van der Waals surface area contributed by atoms with Gasteiger partial charge in [-0.1, -0.05) is 23.2 Å². The number of aryl methyl sites for hydroxylation is 1. The average Bonchev–Trinajstić information content (AvgIpc) is 2.75. The molecule has 1 N–H and O–H groups in total. The molecule has 0 spiro atoms. The van der Waals surface area contributed by atoms with Crippen molar-refractivity contribution in [2.24, 2.45) is 7.05 Å². The highest BCUT2D eigenvalue weighted by Crippen LogP contribution is 2.17. The molecule has 2 aromatic rings. The Hall–Kier alpha value is -1.66. The molecule has 2 heterocycles. The zero-order chi connectivity index (χ0) is 13.1. The molecule has 0 fully saturated rings. The van der Waals surface area contributed by atoms with Crippen molar-refractivity contribution in [3.05, 3.63) is 40.2 Å². The predicted molar refractivity (Wildman–Crippen MR) is 66.4 cm³/mol. The Morgan fingerprint density at radius 3 is 2.94 bits per heavy atom. The van der Waals surface area contributed by atoms with Crippen LogP contribution in [0.5, 0.6) is 0 Å². The van der Waals surface area contributed by atoms with E-state index in [1.54, 1.807) is 17.9 Å². The summed E-state index contributed by atoms with van der Waals surface area (Å²) in [4.78, 5) is 15.7. The van der Waals surface area contributed by atoms with Crippen molar-refractivity contribution in [1.29, 1.82) is 0 Å². The Morgan fingerprint density at radius 1 is 1.50 bits per heavy atom. The topological polar surface area (TPSA) is 72.7 Å². The van der Waals surface area contributed by atoms with Crippen LogP contribution in [0.25, 0.3) is 0 Å². The Balaban J connectivity index is 2.08. The molecule has 0 unspecified atom stereocenters. The predicted octanol–water partition coefficient (Wildman–Crippen LogP) is 1.45. The molecule has 0 saturated heterocycles. The van der Waals surface area contributed by atoms with Crippen molar-refractivity contribution in [3.8, 4) is 0 Å². The molecule has 0 aromatic carbocycles. The number of aromatic nitrogens is 4. The summed E-state index contributed by atoms with van der Waals surface area (Å²) in [7, 11) is 1.79. The lowest BCUT2D eigenvalue weighted by Gasteiger charge is -2.06. The van der Waals surface area contributed by atoms with Gasteiger partial charge < -0.3 is 9.88 Å². The van der Waals surface area contributed by atoms with Gasteiger partial charge in [-0.05, 0) is 6.07 Å². The van der Waals surface area contributed by atoms with E-state index in [0.29, 0.717) is 5.82 Å². The van der Waals surface area contributed by atoms with Crippen molar-refractivity contribution in [3.63, 3.8) is 0 Å². The van der Waals surface area contributed by atoms with Crippen LogP contribution >= 0.6 is 23.2 Å². The van der Waals surface area contributed by atoms with Gasteiger partial charge in [-0.25, -0.2) is 4.98 Å². The molecule has 18 heavy (non-hydrogen) atoms. The largest absolute Gasteiger partial charge is 0.345 e. The second-order valence-corrected chi connectivity index (χ2v) is 4.32. The van der Waals surface area contributed by atoms with Gasteiger partial charge in [0.15, 0.2) is 5.82 Å². The zero-order valence-electron chi connectivity index (χ0n) is 9.39. The standard InChI is InChI=1S/C10H9Cl2N5O/c1-17-5-15-16-9(17)4-14-10(18)6-2-8(12)13-3-7(6)11/h2-3,5H,4H2,1H3,(H,14,18). The zero-order valence-corrected chi connectivity index (χ0v) is 10.9. The third-order valence-corrected chi connectivity index (χ3v) is 2.79. The fraction of sp³-hybridized carbons (Fsp3) is 0.200. The molecule has 2 rings (SSSR count). The van der Waals surface area contributed by atoms with Gasteiger partial charge in [0.05, 0.1) is 17.1 Å². The van der Waals surface area contributed by atoms with Crippen LogP contribution in [0.3, 0.4) is 0 Å².